The van der Waals surface area contributed by atoms with Crippen LogP contribution in [0.15, 0.2) is 30.9 Å². The van der Waals surface area contributed by atoms with Crippen LogP contribution in [-0.2, 0) is 0 Å². The molecule has 0 radical (unpaired) electrons. The Balaban J connectivity index is 0.00000225. The third kappa shape index (κ3) is 4.52. The predicted octanol–water partition coefficient (Wildman–Crippen LogP) is 1.33. The normalized spacial score (nSPS) is 16.7. The number of amides is 1. The number of aromatic nitrogens is 3. The zero-order valence-electron chi connectivity index (χ0n) is 13.4. The van der Waals surface area contributed by atoms with Gasteiger partial charge in [-0.15, -0.1) is 12.4 Å². The Bertz CT molecular complexity index is 731. The highest BCUT2D eigenvalue weighted by Crippen LogP contribution is 2.23. The molecule has 2 aromatic rings. The molecular formula is C15H19ClN6O3. The van der Waals surface area contributed by atoms with E-state index in [0.717, 1.165) is 25.9 Å². The fourth-order valence-electron chi connectivity index (χ4n) is 2.77. The van der Waals surface area contributed by atoms with Gasteiger partial charge in [0.1, 0.15) is 18.3 Å². The lowest BCUT2D eigenvalue weighted by Gasteiger charge is -2.22. The Morgan fingerprint density at radius 3 is 2.96 bits per heavy atom. The Morgan fingerprint density at radius 1 is 1.48 bits per heavy atom. The van der Waals surface area contributed by atoms with Crippen LogP contribution in [0.2, 0.25) is 0 Å². The molecule has 1 aliphatic heterocycles. The van der Waals surface area contributed by atoms with E-state index in [1.807, 2.05) is 0 Å². The summed E-state index contributed by atoms with van der Waals surface area (Å²) in [5.74, 6) is 0.0842. The highest BCUT2D eigenvalue weighted by atomic mass is 35.5. The van der Waals surface area contributed by atoms with E-state index in [0.29, 0.717) is 12.5 Å². The van der Waals surface area contributed by atoms with Crippen molar-refractivity contribution in [1.82, 2.24) is 25.4 Å². The van der Waals surface area contributed by atoms with E-state index in [4.69, 9.17) is 0 Å². The molecule has 1 atom stereocenters. The second-order valence-corrected chi connectivity index (χ2v) is 5.72. The zero-order valence-corrected chi connectivity index (χ0v) is 14.2. The number of nitrogens with zero attached hydrogens (tertiary/aromatic N) is 4. The number of hydrogen-bond acceptors (Lipinski definition) is 6. The first-order valence-electron chi connectivity index (χ1n) is 7.77. The van der Waals surface area contributed by atoms with Gasteiger partial charge in [0.2, 0.25) is 0 Å². The van der Waals surface area contributed by atoms with E-state index in [1.54, 1.807) is 6.07 Å². The van der Waals surface area contributed by atoms with E-state index in [9.17, 15) is 14.9 Å². The van der Waals surface area contributed by atoms with Gasteiger partial charge in [-0.2, -0.15) is 5.10 Å². The number of nitrogens with one attached hydrogen (secondary N) is 2. The van der Waals surface area contributed by atoms with Gasteiger partial charge >= 0.3 is 0 Å². The molecule has 134 valence electrons. The maximum atomic E-state index is 12.3. The Morgan fingerprint density at radius 2 is 2.32 bits per heavy atom. The third-order valence-electron chi connectivity index (χ3n) is 4.05. The second-order valence-electron chi connectivity index (χ2n) is 5.72. The maximum Gasteiger partial charge on any atom is 0.295 e. The van der Waals surface area contributed by atoms with Gasteiger partial charge in [0.05, 0.1) is 4.92 Å². The van der Waals surface area contributed by atoms with E-state index in [1.165, 1.54) is 29.5 Å². The minimum atomic E-state index is -0.529. The molecule has 1 aromatic carbocycles. The monoisotopic (exact) mass is 366 g/mol. The summed E-state index contributed by atoms with van der Waals surface area (Å²) in [7, 11) is 0. The lowest BCUT2D eigenvalue weighted by Crippen LogP contribution is -2.38. The standard InChI is InChI=1S/C15H18N6O3.ClH/c22-15(18-8-11-2-1-5-16-7-11)12-3-4-13(14(6-12)21(23)24)20-10-17-9-19-20;/h3-4,6,9-11,16H,1-2,5,7-8H2,(H,18,22);1H. The average Bonchev–Trinajstić information content (AvgIpc) is 3.14. The molecule has 10 heteroatoms. The maximum absolute atomic E-state index is 12.3. The highest BCUT2D eigenvalue weighted by Gasteiger charge is 2.20. The van der Waals surface area contributed by atoms with E-state index in [-0.39, 0.29) is 35.3 Å². The second kappa shape index (κ2) is 8.54. The quantitative estimate of drug-likeness (QED) is 0.609. The zero-order chi connectivity index (χ0) is 16.9. The van der Waals surface area contributed by atoms with Crippen LogP contribution in [0.5, 0.6) is 0 Å². The molecule has 2 N–H and O–H groups in total. The van der Waals surface area contributed by atoms with Crippen molar-refractivity contribution in [2.75, 3.05) is 19.6 Å². The molecule has 1 unspecified atom stereocenters. The molecular weight excluding hydrogens is 348 g/mol. The van der Waals surface area contributed by atoms with Gasteiger partial charge in [0.25, 0.3) is 11.6 Å². The summed E-state index contributed by atoms with van der Waals surface area (Å²) in [5, 5.41) is 21.3. The first-order valence-corrected chi connectivity index (χ1v) is 7.77. The number of carbonyl (C=O) groups excluding carboxylic acids is 1. The van der Waals surface area contributed by atoms with Gasteiger partial charge in [-0.3, -0.25) is 14.9 Å². The number of carbonyl (C=O) groups is 1. The van der Waals surface area contributed by atoms with Crippen LogP contribution < -0.4 is 10.6 Å². The van der Waals surface area contributed by atoms with Crippen molar-refractivity contribution < 1.29 is 9.72 Å². The van der Waals surface area contributed by atoms with Gasteiger partial charge in [0, 0.05) is 18.2 Å². The number of hydrogen-bond donors (Lipinski definition) is 2. The predicted molar refractivity (Wildman–Crippen MR) is 93.2 cm³/mol. The molecule has 1 fully saturated rings. The SMILES string of the molecule is Cl.O=C(NCC1CCCNC1)c1ccc(-n2cncn2)c([N+](=O)[O-])c1. The molecule has 2 heterocycles. The Labute approximate surface area is 150 Å². The fraction of sp³-hybridized carbons (Fsp3) is 0.400. The van der Waals surface area contributed by atoms with Crippen LogP contribution in [-0.4, -0.2) is 45.2 Å². The average molecular weight is 367 g/mol. The summed E-state index contributed by atoms with van der Waals surface area (Å²) < 4.78 is 1.30. The number of nitro benzene ring substituents is 1. The fourth-order valence-corrected chi connectivity index (χ4v) is 2.77. The van der Waals surface area contributed by atoms with Crippen LogP contribution in [0.4, 0.5) is 5.69 Å². The van der Waals surface area contributed by atoms with Crippen LogP contribution in [0, 0.1) is 16.0 Å². The highest BCUT2D eigenvalue weighted by molar-refractivity contribution is 5.95. The van der Waals surface area contributed by atoms with Gasteiger partial charge < -0.3 is 10.6 Å². The summed E-state index contributed by atoms with van der Waals surface area (Å²) in [6.45, 7) is 2.45. The molecule has 1 amide bonds. The molecule has 3 rings (SSSR count). The number of rotatable bonds is 5. The van der Waals surface area contributed by atoms with Crippen LogP contribution in [0.3, 0.4) is 0 Å². The topological polar surface area (TPSA) is 115 Å². The molecule has 1 aliphatic rings. The minimum Gasteiger partial charge on any atom is -0.352 e. The van der Waals surface area contributed by atoms with Crippen molar-refractivity contribution in [3.8, 4) is 5.69 Å². The first-order chi connectivity index (χ1) is 11.6. The minimum absolute atomic E-state index is 0. The van der Waals surface area contributed by atoms with Gasteiger partial charge in [-0.25, -0.2) is 9.67 Å². The van der Waals surface area contributed by atoms with Crippen LogP contribution >= 0.6 is 12.4 Å². The first kappa shape index (κ1) is 18.8. The molecule has 25 heavy (non-hydrogen) atoms. The van der Waals surface area contributed by atoms with Crippen LogP contribution in [0.1, 0.15) is 23.2 Å². The summed E-state index contributed by atoms with van der Waals surface area (Å²) >= 11 is 0. The Kier molecular flexibility index (Phi) is 6.43. The van der Waals surface area contributed by atoms with Crippen molar-refractivity contribution >= 4 is 24.0 Å². The number of nitro groups is 1. The summed E-state index contributed by atoms with van der Waals surface area (Å²) in [6, 6.07) is 4.33. The molecule has 0 aliphatic carbocycles. The summed E-state index contributed by atoms with van der Waals surface area (Å²) in [6.07, 6.45) is 4.83. The van der Waals surface area contributed by atoms with E-state index in [2.05, 4.69) is 20.7 Å². The number of piperidine rings is 1. The van der Waals surface area contributed by atoms with Crippen molar-refractivity contribution in [3.05, 3.63) is 46.5 Å². The number of benzene rings is 1. The molecule has 9 nitrogen and oxygen atoms in total. The largest absolute Gasteiger partial charge is 0.352 e. The molecule has 0 bridgehead atoms. The Hall–Kier alpha value is -2.52. The third-order valence-corrected chi connectivity index (χ3v) is 4.05. The van der Waals surface area contributed by atoms with Crippen molar-refractivity contribution in [1.29, 1.82) is 0 Å². The smallest absolute Gasteiger partial charge is 0.295 e. The molecule has 1 saturated heterocycles. The summed E-state index contributed by atoms with van der Waals surface area (Å²) in [4.78, 5) is 26.8. The van der Waals surface area contributed by atoms with Gasteiger partial charge in [-0.1, -0.05) is 0 Å². The molecule has 0 spiro atoms. The van der Waals surface area contributed by atoms with Crippen LogP contribution in [0.25, 0.3) is 5.69 Å². The lowest BCUT2D eigenvalue weighted by atomic mass is 9.99. The lowest BCUT2D eigenvalue weighted by molar-refractivity contribution is -0.384. The molecule has 0 saturated carbocycles. The van der Waals surface area contributed by atoms with Gasteiger partial charge in [0.15, 0.2) is 0 Å². The van der Waals surface area contributed by atoms with Crippen molar-refractivity contribution in [2.45, 2.75) is 12.8 Å². The number of halogens is 1. The van der Waals surface area contributed by atoms with Crippen molar-refractivity contribution in [2.24, 2.45) is 5.92 Å². The summed E-state index contributed by atoms with van der Waals surface area (Å²) in [5.41, 5.74) is 0.340. The van der Waals surface area contributed by atoms with E-state index < -0.39 is 4.92 Å². The molecule has 1 aromatic heterocycles. The van der Waals surface area contributed by atoms with Crippen molar-refractivity contribution in [3.63, 3.8) is 0 Å². The van der Waals surface area contributed by atoms with Gasteiger partial charge in [-0.05, 0) is 44.0 Å². The van der Waals surface area contributed by atoms with E-state index >= 15 is 0 Å².